The van der Waals surface area contributed by atoms with E-state index in [-0.39, 0.29) is 12.0 Å². The Labute approximate surface area is 96.1 Å². The molecule has 1 rings (SSSR count). The van der Waals surface area contributed by atoms with Crippen LogP contribution in [0.2, 0.25) is 0 Å². The molecule has 0 spiro atoms. The van der Waals surface area contributed by atoms with Gasteiger partial charge in [-0.15, -0.1) is 0 Å². The molecule has 0 radical (unpaired) electrons. The third-order valence-electron chi connectivity index (χ3n) is 2.58. The molecule has 4 N–H and O–H groups in total. The molecule has 0 bridgehead atoms. The first-order valence-corrected chi connectivity index (χ1v) is 5.57. The number of aliphatic hydroxyl groups is 1. The summed E-state index contributed by atoms with van der Waals surface area (Å²) in [6.07, 6.45) is 1.81. The zero-order valence-corrected chi connectivity index (χ0v) is 10.1. The molecule has 0 aliphatic heterocycles. The van der Waals surface area contributed by atoms with E-state index in [0.717, 1.165) is 17.8 Å². The molecule has 1 aromatic heterocycles. The van der Waals surface area contributed by atoms with Gasteiger partial charge in [0.25, 0.3) is 0 Å². The fraction of sp³-hybridized carbons (Fsp3) is 0.636. The molecular weight excluding hydrogens is 204 g/mol. The van der Waals surface area contributed by atoms with Gasteiger partial charge in [0.05, 0.1) is 6.10 Å². The number of nitrogens with two attached hydrogens (primary N) is 1. The molecule has 0 amide bonds. The van der Waals surface area contributed by atoms with Gasteiger partial charge in [0.1, 0.15) is 18.0 Å². The Hall–Kier alpha value is -1.36. The highest BCUT2D eigenvalue weighted by Gasteiger charge is 2.11. The fourth-order valence-electron chi connectivity index (χ4n) is 1.36. The van der Waals surface area contributed by atoms with E-state index in [1.54, 1.807) is 0 Å². The van der Waals surface area contributed by atoms with E-state index in [2.05, 4.69) is 15.3 Å². The molecule has 0 aliphatic rings. The summed E-state index contributed by atoms with van der Waals surface area (Å²) in [4.78, 5) is 8.07. The van der Waals surface area contributed by atoms with Crippen LogP contribution in [-0.4, -0.2) is 27.7 Å². The van der Waals surface area contributed by atoms with Crippen molar-refractivity contribution >= 4 is 11.6 Å². The van der Waals surface area contributed by atoms with Gasteiger partial charge in [0.15, 0.2) is 0 Å². The zero-order chi connectivity index (χ0) is 12.1. The summed E-state index contributed by atoms with van der Waals surface area (Å²) in [5.74, 6) is 1.44. The SMILES string of the molecule is CCc1c(N)ncnc1NCC(O)C(C)C. The summed E-state index contributed by atoms with van der Waals surface area (Å²) in [5, 5.41) is 12.8. The molecule has 0 saturated heterocycles. The van der Waals surface area contributed by atoms with E-state index in [4.69, 9.17) is 5.73 Å². The first-order valence-electron chi connectivity index (χ1n) is 5.57. The van der Waals surface area contributed by atoms with Crippen molar-refractivity contribution in [3.8, 4) is 0 Å². The average molecular weight is 224 g/mol. The van der Waals surface area contributed by atoms with Crippen LogP contribution in [0.25, 0.3) is 0 Å². The first kappa shape index (κ1) is 12.7. The smallest absolute Gasteiger partial charge is 0.134 e. The topological polar surface area (TPSA) is 84.1 Å². The third kappa shape index (κ3) is 3.06. The van der Waals surface area contributed by atoms with Crippen LogP contribution < -0.4 is 11.1 Å². The number of aliphatic hydroxyl groups excluding tert-OH is 1. The number of rotatable bonds is 5. The van der Waals surface area contributed by atoms with Gasteiger partial charge >= 0.3 is 0 Å². The number of nitrogens with one attached hydrogen (secondary N) is 1. The van der Waals surface area contributed by atoms with Crippen molar-refractivity contribution in [1.82, 2.24) is 9.97 Å². The molecular formula is C11H20N4O. The van der Waals surface area contributed by atoms with Crippen molar-refractivity contribution in [2.45, 2.75) is 33.3 Å². The van der Waals surface area contributed by atoms with Crippen LogP contribution in [0, 0.1) is 5.92 Å². The van der Waals surface area contributed by atoms with Crippen LogP contribution in [0.4, 0.5) is 11.6 Å². The molecule has 0 fully saturated rings. The number of hydrogen-bond acceptors (Lipinski definition) is 5. The maximum absolute atomic E-state index is 9.68. The minimum atomic E-state index is -0.388. The summed E-state index contributed by atoms with van der Waals surface area (Å²) in [7, 11) is 0. The molecule has 16 heavy (non-hydrogen) atoms. The van der Waals surface area contributed by atoms with Gasteiger partial charge in [-0.3, -0.25) is 0 Å². The largest absolute Gasteiger partial charge is 0.391 e. The molecule has 1 aromatic rings. The Morgan fingerprint density at radius 3 is 2.69 bits per heavy atom. The maximum Gasteiger partial charge on any atom is 0.134 e. The average Bonchev–Trinajstić information content (AvgIpc) is 2.25. The fourth-order valence-corrected chi connectivity index (χ4v) is 1.36. The van der Waals surface area contributed by atoms with E-state index < -0.39 is 0 Å². The van der Waals surface area contributed by atoms with Crippen molar-refractivity contribution < 1.29 is 5.11 Å². The van der Waals surface area contributed by atoms with E-state index in [1.165, 1.54) is 6.33 Å². The molecule has 90 valence electrons. The predicted molar refractivity (Wildman–Crippen MR) is 65.2 cm³/mol. The second-order valence-corrected chi connectivity index (χ2v) is 4.13. The third-order valence-corrected chi connectivity index (χ3v) is 2.58. The van der Waals surface area contributed by atoms with E-state index in [1.807, 2.05) is 20.8 Å². The van der Waals surface area contributed by atoms with Gasteiger partial charge in [-0.05, 0) is 12.3 Å². The molecule has 0 aromatic carbocycles. The molecule has 1 heterocycles. The second-order valence-electron chi connectivity index (χ2n) is 4.13. The van der Waals surface area contributed by atoms with Gasteiger partial charge in [-0.1, -0.05) is 20.8 Å². The maximum atomic E-state index is 9.68. The summed E-state index contributed by atoms with van der Waals surface area (Å²) in [6, 6.07) is 0. The molecule has 0 aliphatic carbocycles. The number of hydrogen-bond donors (Lipinski definition) is 3. The molecule has 0 saturated carbocycles. The number of nitrogen functional groups attached to an aromatic ring is 1. The van der Waals surface area contributed by atoms with E-state index in [9.17, 15) is 5.11 Å². The van der Waals surface area contributed by atoms with E-state index >= 15 is 0 Å². The second kappa shape index (κ2) is 5.65. The zero-order valence-electron chi connectivity index (χ0n) is 10.1. The Balaban J connectivity index is 2.70. The van der Waals surface area contributed by atoms with Crippen molar-refractivity contribution in [2.24, 2.45) is 5.92 Å². The summed E-state index contributed by atoms with van der Waals surface area (Å²) in [6.45, 7) is 6.42. The Morgan fingerprint density at radius 2 is 2.12 bits per heavy atom. The summed E-state index contributed by atoms with van der Waals surface area (Å²) < 4.78 is 0. The van der Waals surface area contributed by atoms with Gasteiger partial charge in [-0.25, -0.2) is 9.97 Å². The number of aromatic nitrogens is 2. The summed E-state index contributed by atoms with van der Waals surface area (Å²) >= 11 is 0. The van der Waals surface area contributed by atoms with Gasteiger partial charge < -0.3 is 16.2 Å². The van der Waals surface area contributed by atoms with E-state index in [0.29, 0.717) is 12.4 Å². The lowest BCUT2D eigenvalue weighted by Gasteiger charge is -2.17. The van der Waals surface area contributed by atoms with Gasteiger partial charge in [0, 0.05) is 12.1 Å². The first-order chi connectivity index (χ1) is 7.56. The van der Waals surface area contributed by atoms with Crippen LogP contribution >= 0.6 is 0 Å². The predicted octanol–water partition coefficient (Wildman–Crippen LogP) is 1.05. The highest BCUT2D eigenvalue weighted by atomic mass is 16.3. The highest BCUT2D eigenvalue weighted by molar-refractivity contribution is 5.54. The molecule has 5 nitrogen and oxygen atoms in total. The lowest BCUT2D eigenvalue weighted by molar-refractivity contribution is 0.138. The van der Waals surface area contributed by atoms with Gasteiger partial charge in [0.2, 0.25) is 0 Å². The van der Waals surface area contributed by atoms with Gasteiger partial charge in [-0.2, -0.15) is 0 Å². The van der Waals surface area contributed by atoms with Crippen LogP contribution in [0.3, 0.4) is 0 Å². The van der Waals surface area contributed by atoms with Crippen LogP contribution in [0.15, 0.2) is 6.33 Å². The minimum Gasteiger partial charge on any atom is -0.391 e. The molecule has 1 unspecified atom stereocenters. The molecule has 1 atom stereocenters. The Morgan fingerprint density at radius 1 is 1.44 bits per heavy atom. The van der Waals surface area contributed by atoms with Crippen molar-refractivity contribution in [1.29, 1.82) is 0 Å². The summed E-state index contributed by atoms with van der Waals surface area (Å²) in [5.41, 5.74) is 6.65. The lowest BCUT2D eigenvalue weighted by Crippen LogP contribution is -2.25. The van der Waals surface area contributed by atoms with Crippen molar-refractivity contribution in [3.05, 3.63) is 11.9 Å². The Bertz CT molecular complexity index is 341. The number of nitrogens with zero attached hydrogens (tertiary/aromatic N) is 2. The Kier molecular flexibility index (Phi) is 4.49. The van der Waals surface area contributed by atoms with Crippen LogP contribution in [-0.2, 0) is 6.42 Å². The number of anilines is 2. The standard InChI is InChI=1S/C11H20N4O/c1-4-8-10(12)14-6-15-11(8)13-5-9(16)7(2)3/h6-7,9,16H,4-5H2,1-3H3,(H3,12,13,14,15). The quantitative estimate of drug-likeness (QED) is 0.696. The molecule has 5 heteroatoms. The van der Waals surface area contributed by atoms with Crippen LogP contribution in [0.5, 0.6) is 0 Å². The minimum absolute atomic E-state index is 0.219. The monoisotopic (exact) mass is 224 g/mol. The van der Waals surface area contributed by atoms with Crippen LogP contribution in [0.1, 0.15) is 26.3 Å². The lowest BCUT2D eigenvalue weighted by atomic mass is 10.1. The highest BCUT2D eigenvalue weighted by Crippen LogP contribution is 2.17. The normalized spacial score (nSPS) is 12.8. The van der Waals surface area contributed by atoms with Crippen molar-refractivity contribution in [3.63, 3.8) is 0 Å². The van der Waals surface area contributed by atoms with Crippen molar-refractivity contribution in [2.75, 3.05) is 17.6 Å².